The van der Waals surface area contributed by atoms with Crippen LogP contribution in [0.5, 0.6) is 11.5 Å². The Balaban J connectivity index is 1.58. The number of likely N-dealkylation sites (N-methyl/N-ethyl adjacent to an activating group) is 1. The maximum atomic E-state index is 13.3. The van der Waals surface area contributed by atoms with E-state index < -0.39 is 0 Å². The Kier molecular flexibility index (Phi) is 7.16. The van der Waals surface area contributed by atoms with E-state index in [0.29, 0.717) is 28.9 Å². The van der Waals surface area contributed by atoms with Crippen molar-refractivity contribution in [3.8, 4) is 11.5 Å². The molecule has 5 nitrogen and oxygen atoms in total. The van der Waals surface area contributed by atoms with Gasteiger partial charge in [-0.15, -0.1) is 0 Å². The van der Waals surface area contributed by atoms with Crippen molar-refractivity contribution in [2.75, 3.05) is 14.2 Å². The van der Waals surface area contributed by atoms with Gasteiger partial charge in [0.05, 0.1) is 7.11 Å². The summed E-state index contributed by atoms with van der Waals surface area (Å²) in [5.74, 6) is 1.21. The number of thiocarbonyl (C=S) groups is 1. The Morgan fingerprint density at radius 1 is 1.12 bits per heavy atom. The number of rotatable bonds is 6. The first-order valence-corrected chi connectivity index (χ1v) is 12.1. The fourth-order valence-electron chi connectivity index (χ4n) is 4.25. The Labute approximate surface area is 203 Å². The molecular weight excluding hydrogens is 488 g/mol. The van der Waals surface area contributed by atoms with E-state index in [4.69, 9.17) is 21.7 Å². The van der Waals surface area contributed by atoms with Crippen LogP contribution in [0.2, 0.25) is 0 Å². The highest BCUT2D eigenvalue weighted by atomic mass is 79.9. The lowest BCUT2D eigenvalue weighted by molar-refractivity contribution is -0.124. The van der Waals surface area contributed by atoms with Crippen LogP contribution in [0.4, 0.5) is 0 Å². The molecule has 2 aromatic carbocycles. The van der Waals surface area contributed by atoms with Gasteiger partial charge in [-0.2, -0.15) is 0 Å². The summed E-state index contributed by atoms with van der Waals surface area (Å²) in [6, 6.07) is 13.9. The van der Waals surface area contributed by atoms with Gasteiger partial charge in [0.2, 0.25) is 0 Å². The number of carbonyl (C=O) groups excluding carboxylic acids is 1. The fraction of sp³-hybridized carbons (Fsp3) is 0.360. The number of hydrogen-bond acceptors (Lipinski definition) is 4. The summed E-state index contributed by atoms with van der Waals surface area (Å²) >= 11 is 9.27. The lowest BCUT2D eigenvalue weighted by Crippen LogP contribution is -2.41. The van der Waals surface area contributed by atoms with Gasteiger partial charge in [0.1, 0.15) is 12.3 Å². The molecule has 1 aliphatic carbocycles. The molecule has 2 fully saturated rings. The molecule has 0 N–H and O–H groups in total. The highest BCUT2D eigenvalue weighted by Crippen LogP contribution is 2.37. The van der Waals surface area contributed by atoms with E-state index in [2.05, 4.69) is 15.9 Å². The zero-order valence-corrected chi connectivity index (χ0v) is 20.7. The predicted molar refractivity (Wildman–Crippen MR) is 134 cm³/mol. The maximum Gasteiger partial charge on any atom is 0.277 e. The van der Waals surface area contributed by atoms with Gasteiger partial charge in [-0.25, -0.2) is 0 Å². The maximum absolute atomic E-state index is 13.3. The van der Waals surface area contributed by atoms with Crippen molar-refractivity contribution < 1.29 is 14.3 Å². The molecule has 1 aliphatic heterocycles. The smallest absolute Gasteiger partial charge is 0.277 e. The van der Waals surface area contributed by atoms with Crippen LogP contribution in [-0.2, 0) is 11.4 Å². The van der Waals surface area contributed by atoms with Crippen molar-refractivity contribution in [2.45, 2.75) is 44.8 Å². The minimum absolute atomic E-state index is 0.0281. The molecule has 0 spiro atoms. The Morgan fingerprint density at radius 2 is 1.84 bits per heavy atom. The second kappa shape index (κ2) is 10.0. The zero-order chi connectivity index (χ0) is 22.7. The van der Waals surface area contributed by atoms with Crippen molar-refractivity contribution in [3.05, 3.63) is 63.8 Å². The van der Waals surface area contributed by atoms with E-state index in [-0.39, 0.29) is 11.9 Å². The van der Waals surface area contributed by atoms with Crippen molar-refractivity contribution in [2.24, 2.45) is 0 Å². The lowest BCUT2D eigenvalue weighted by atomic mass is 9.94. The summed E-state index contributed by atoms with van der Waals surface area (Å²) in [5, 5.41) is 0.582. The molecule has 2 aliphatic rings. The van der Waals surface area contributed by atoms with Gasteiger partial charge in [-0.05, 0) is 54.4 Å². The van der Waals surface area contributed by atoms with Gasteiger partial charge in [-0.1, -0.05) is 65.5 Å². The summed E-state index contributed by atoms with van der Waals surface area (Å²) < 4.78 is 12.4. The molecule has 0 unspecified atom stereocenters. The molecule has 7 heteroatoms. The van der Waals surface area contributed by atoms with E-state index in [9.17, 15) is 4.79 Å². The van der Waals surface area contributed by atoms with E-state index >= 15 is 0 Å². The van der Waals surface area contributed by atoms with Crippen LogP contribution in [0.15, 0.2) is 52.6 Å². The average Bonchev–Trinajstić information content (AvgIpc) is 3.03. The first-order valence-electron chi connectivity index (χ1n) is 10.9. The monoisotopic (exact) mass is 514 g/mol. The van der Waals surface area contributed by atoms with E-state index in [1.54, 1.807) is 7.11 Å². The molecule has 1 saturated carbocycles. The summed E-state index contributed by atoms with van der Waals surface area (Å²) in [6.45, 7) is 0.440. The topological polar surface area (TPSA) is 42.0 Å². The molecule has 32 heavy (non-hydrogen) atoms. The van der Waals surface area contributed by atoms with Crippen molar-refractivity contribution in [3.63, 3.8) is 0 Å². The van der Waals surface area contributed by atoms with Crippen molar-refractivity contribution in [1.82, 2.24) is 9.80 Å². The lowest BCUT2D eigenvalue weighted by Gasteiger charge is -2.30. The molecule has 0 aromatic heterocycles. The minimum atomic E-state index is -0.0281. The molecule has 2 aromatic rings. The number of ether oxygens (including phenoxy) is 2. The number of halogens is 1. The Hall–Kier alpha value is -2.38. The molecule has 0 atom stereocenters. The quantitative estimate of drug-likeness (QED) is 0.361. The number of amides is 1. The second-order valence-electron chi connectivity index (χ2n) is 8.14. The zero-order valence-electron chi connectivity index (χ0n) is 18.3. The summed E-state index contributed by atoms with van der Waals surface area (Å²) in [7, 11) is 3.47. The molecule has 168 valence electrons. The number of hydrogen-bond donors (Lipinski definition) is 0. The van der Waals surface area contributed by atoms with Crippen molar-refractivity contribution >= 4 is 45.2 Å². The standard InChI is InChI=1S/C25H27BrN2O3S/c1-27-21(24(29)28(25(27)32)19-11-7-4-8-12-19)13-18-14-22(30-2)23(15-20(18)26)31-16-17-9-5-3-6-10-17/h3,5-6,9-10,13-15,19H,4,7-8,11-12,16H2,1-2H3/b21-13-. The number of carbonyl (C=O) groups is 1. The van der Waals surface area contributed by atoms with Crippen molar-refractivity contribution in [1.29, 1.82) is 0 Å². The Morgan fingerprint density at radius 3 is 2.53 bits per heavy atom. The van der Waals surface area contributed by atoms with Gasteiger partial charge in [-0.3, -0.25) is 9.69 Å². The summed E-state index contributed by atoms with van der Waals surface area (Å²) in [4.78, 5) is 16.9. The van der Waals surface area contributed by atoms with Crippen LogP contribution in [0, 0.1) is 0 Å². The van der Waals surface area contributed by atoms with Gasteiger partial charge in [0.15, 0.2) is 16.6 Å². The van der Waals surface area contributed by atoms with Crippen LogP contribution >= 0.6 is 28.1 Å². The van der Waals surface area contributed by atoms with Crippen LogP contribution in [0.3, 0.4) is 0 Å². The highest BCUT2D eigenvalue weighted by Gasteiger charge is 2.40. The predicted octanol–water partition coefficient (Wildman–Crippen LogP) is 5.77. The van der Waals surface area contributed by atoms with Gasteiger partial charge in [0.25, 0.3) is 5.91 Å². The van der Waals surface area contributed by atoms with Crippen LogP contribution in [-0.4, -0.2) is 41.0 Å². The van der Waals surface area contributed by atoms with E-state index in [1.807, 2.05) is 65.4 Å². The summed E-state index contributed by atoms with van der Waals surface area (Å²) in [6.07, 6.45) is 7.41. The van der Waals surface area contributed by atoms with Crippen LogP contribution in [0.25, 0.3) is 6.08 Å². The first kappa shape index (κ1) is 22.8. The number of benzene rings is 2. The molecule has 1 heterocycles. The molecule has 0 bridgehead atoms. The molecule has 0 radical (unpaired) electrons. The molecule has 1 saturated heterocycles. The van der Waals surface area contributed by atoms with E-state index in [1.165, 1.54) is 6.42 Å². The fourth-order valence-corrected chi connectivity index (χ4v) is 5.02. The Bertz CT molecular complexity index is 1030. The molecule has 4 rings (SSSR count). The minimum Gasteiger partial charge on any atom is -0.493 e. The van der Waals surface area contributed by atoms with E-state index in [0.717, 1.165) is 41.3 Å². The third-order valence-corrected chi connectivity index (χ3v) is 7.20. The largest absolute Gasteiger partial charge is 0.493 e. The molecular formula is C25H27BrN2O3S. The average molecular weight is 515 g/mol. The first-order chi connectivity index (χ1) is 15.5. The number of nitrogens with zero attached hydrogens (tertiary/aromatic N) is 2. The van der Waals surface area contributed by atoms with Crippen LogP contribution < -0.4 is 9.47 Å². The number of methoxy groups -OCH3 is 1. The van der Waals surface area contributed by atoms with Crippen LogP contribution in [0.1, 0.15) is 43.2 Å². The third kappa shape index (κ3) is 4.69. The highest BCUT2D eigenvalue weighted by molar-refractivity contribution is 9.10. The molecule has 1 amide bonds. The SMILES string of the molecule is COc1cc(/C=C2/C(=O)N(C3CCCCC3)C(=S)N2C)c(Br)cc1OCc1ccccc1. The summed E-state index contributed by atoms with van der Waals surface area (Å²) in [5.41, 5.74) is 2.48. The third-order valence-electron chi connectivity index (χ3n) is 6.04. The second-order valence-corrected chi connectivity index (χ2v) is 9.36. The van der Waals surface area contributed by atoms with Gasteiger partial charge < -0.3 is 14.4 Å². The normalized spacial score (nSPS) is 18.5. The van der Waals surface area contributed by atoms with Gasteiger partial charge >= 0.3 is 0 Å². The van der Waals surface area contributed by atoms with Gasteiger partial charge in [0, 0.05) is 17.6 Å².